The van der Waals surface area contributed by atoms with E-state index in [1.54, 1.807) is 0 Å². The number of halogens is 5. The van der Waals surface area contributed by atoms with Crippen LogP contribution in [0, 0.1) is 29.1 Å². The highest BCUT2D eigenvalue weighted by molar-refractivity contribution is 8.02. The van der Waals surface area contributed by atoms with Crippen molar-refractivity contribution in [1.29, 1.82) is 0 Å². The van der Waals surface area contributed by atoms with E-state index in [-0.39, 0.29) is 11.8 Å². The third kappa shape index (κ3) is 3.88. The standard InChI is InChI=1S/C15H15F5O3S/c1-6(21)15(5,13(22)23-14(2,3)4)24-12-10(19)8(17)7(16)9(18)11(12)20/h1-5H3. The van der Waals surface area contributed by atoms with E-state index in [9.17, 15) is 31.5 Å². The van der Waals surface area contributed by atoms with Gasteiger partial charge in [-0.15, -0.1) is 0 Å². The Morgan fingerprint density at radius 3 is 1.54 bits per heavy atom. The van der Waals surface area contributed by atoms with Crippen molar-refractivity contribution in [3.63, 3.8) is 0 Å². The van der Waals surface area contributed by atoms with Crippen LogP contribution in [0.1, 0.15) is 34.6 Å². The Hall–Kier alpha value is -1.64. The molecule has 0 aliphatic rings. The Morgan fingerprint density at radius 2 is 1.21 bits per heavy atom. The molecule has 24 heavy (non-hydrogen) atoms. The predicted octanol–water partition coefficient (Wildman–Crippen LogP) is 4.16. The number of thioether (sulfide) groups is 1. The highest BCUT2D eigenvalue weighted by Gasteiger charge is 2.45. The summed E-state index contributed by atoms with van der Waals surface area (Å²) >= 11 is -0.0825. The number of benzene rings is 1. The van der Waals surface area contributed by atoms with Crippen LogP contribution in [-0.4, -0.2) is 22.1 Å². The van der Waals surface area contributed by atoms with Gasteiger partial charge in [-0.2, -0.15) is 0 Å². The average molecular weight is 370 g/mol. The predicted molar refractivity (Wildman–Crippen MR) is 77.0 cm³/mol. The van der Waals surface area contributed by atoms with Gasteiger partial charge >= 0.3 is 5.97 Å². The summed E-state index contributed by atoms with van der Waals surface area (Å²) in [6.07, 6.45) is 0. The van der Waals surface area contributed by atoms with Gasteiger partial charge in [-0.3, -0.25) is 9.59 Å². The number of carbonyl (C=O) groups is 2. The zero-order valence-electron chi connectivity index (χ0n) is 13.5. The molecule has 0 N–H and O–H groups in total. The number of rotatable bonds is 4. The van der Waals surface area contributed by atoms with Crippen LogP contribution in [0.25, 0.3) is 0 Å². The molecule has 0 radical (unpaired) electrons. The van der Waals surface area contributed by atoms with Gasteiger partial charge in [0.2, 0.25) is 5.82 Å². The second kappa shape index (κ2) is 6.70. The van der Waals surface area contributed by atoms with Crippen LogP contribution in [-0.2, 0) is 14.3 Å². The number of hydrogen-bond acceptors (Lipinski definition) is 4. The fraction of sp³-hybridized carbons (Fsp3) is 0.467. The Balaban J connectivity index is 3.43. The van der Waals surface area contributed by atoms with Gasteiger partial charge in [0.05, 0.1) is 4.90 Å². The van der Waals surface area contributed by atoms with Gasteiger partial charge in [0, 0.05) is 0 Å². The van der Waals surface area contributed by atoms with E-state index in [4.69, 9.17) is 4.74 Å². The van der Waals surface area contributed by atoms with E-state index in [0.29, 0.717) is 0 Å². The molecule has 1 atom stereocenters. The fourth-order valence-corrected chi connectivity index (χ4v) is 2.55. The fourth-order valence-electron chi connectivity index (χ4n) is 1.51. The largest absolute Gasteiger partial charge is 0.459 e. The second-order valence-electron chi connectivity index (χ2n) is 6.09. The molecule has 0 aliphatic carbocycles. The lowest BCUT2D eigenvalue weighted by molar-refractivity contribution is -0.158. The van der Waals surface area contributed by atoms with Crippen molar-refractivity contribution in [2.45, 2.75) is 49.9 Å². The van der Waals surface area contributed by atoms with Crippen molar-refractivity contribution < 1.29 is 36.3 Å². The first-order chi connectivity index (χ1) is 10.7. The second-order valence-corrected chi connectivity index (χ2v) is 7.52. The first-order valence-electron chi connectivity index (χ1n) is 6.67. The van der Waals surface area contributed by atoms with Crippen LogP contribution >= 0.6 is 11.8 Å². The summed E-state index contributed by atoms with van der Waals surface area (Å²) < 4.78 is 70.0. The molecule has 1 rings (SSSR count). The molecule has 0 aliphatic heterocycles. The Morgan fingerprint density at radius 1 is 0.833 bits per heavy atom. The monoisotopic (exact) mass is 370 g/mol. The topological polar surface area (TPSA) is 43.4 Å². The van der Waals surface area contributed by atoms with Crippen molar-refractivity contribution >= 4 is 23.5 Å². The van der Waals surface area contributed by atoms with E-state index in [1.807, 2.05) is 0 Å². The maximum atomic E-state index is 13.8. The summed E-state index contributed by atoms with van der Waals surface area (Å²) in [5, 5.41) is 0. The number of esters is 1. The van der Waals surface area contributed by atoms with E-state index in [0.717, 1.165) is 13.8 Å². The molecule has 0 saturated carbocycles. The van der Waals surface area contributed by atoms with Crippen molar-refractivity contribution in [3.8, 4) is 0 Å². The van der Waals surface area contributed by atoms with Gasteiger partial charge in [-0.25, -0.2) is 22.0 Å². The first kappa shape index (κ1) is 20.4. The Kier molecular flexibility index (Phi) is 5.69. The molecular weight excluding hydrogens is 355 g/mol. The van der Waals surface area contributed by atoms with Gasteiger partial charge in [-0.05, 0) is 34.6 Å². The number of carbonyl (C=O) groups excluding carboxylic acids is 2. The molecule has 0 saturated heterocycles. The number of hydrogen-bond donors (Lipinski definition) is 0. The van der Waals surface area contributed by atoms with Gasteiger partial charge in [-0.1, -0.05) is 11.8 Å². The van der Waals surface area contributed by atoms with Crippen LogP contribution in [0.5, 0.6) is 0 Å². The molecule has 1 aromatic rings. The molecule has 0 bridgehead atoms. The highest BCUT2D eigenvalue weighted by Crippen LogP contribution is 2.40. The molecule has 9 heteroatoms. The lowest BCUT2D eigenvalue weighted by atomic mass is 10.1. The molecule has 0 heterocycles. The molecule has 0 aromatic heterocycles. The van der Waals surface area contributed by atoms with Crippen molar-refractivity contribution in [3.05, 3.63) is 29.1 Å². The average Bonchev–Trinajstić information content (AvgIpc) is 2.45. The van der Waals surface area contributed by atoms with Crippen molar-refractivity contribution in [2.75, 3.05) is 0 Å². The first-order valence-corrected chi connectivity index (χ1v) is 7.49. The molecule has 0 amide bonds. The maximum Gasteiger partial charge on any atom is 0.330 e. The molecule has 134 valence electrons. The SMILES string of the molecule is CC(=O)C(C)(Sc1c(F)c(F)c(F)c(F)c1F)C(=O)OC(C)(C)C. The summed E-state index contributed by atoms with van der Waals surface area (Å²) in [7, 11) is 0. The van der Waals surface area contributed by atoms with Crippen LogP contribution in [0.3, 0.4) is 0 Å². The summed E-state index contributed by atoms with van der Waals surface area (Å²) in [4.78, 5) is 22.7. The lowest BCUT2D eigenvalue weighted by Gasteiger charge is -2.29. The minimum Gasteiger partial charge on any atom is -0.459 e. The summed E-state index contributed by atoms with van der Waals surface area (Å²) in [5.74, 6) is -12.9. The van der Waals surface area contributed by atoms with Gasteiger partial charge in [0.25, 0.3) is 0 Å². The number of Topliss-reactive ketones (excluding diaryl/α,β-unsaturated/α-hetero) is 1. The van der Waals surface area contributed by atoms with E-state index in [2.05, 4.69) is 0 Å². The van der Waals surface area contributed by atoms with Crippen molar-refractivity contribution in [1.82, 2.24) is 0 Å². The summed E-state index contributed by atoms with van der Waals surface area (Å²) in [6, 6.07) is 0. The van der Waals surface area contributed by atoms with Gasteiger partial charge < -0.3 is 4.74 Å². The molecular formula is C15H15F5O3S. The summed E-state index contributed by atoms with van der Waals surface area (Å²) in [5.41, 5.74) is -1.02. The van der Waals surface area contributed by atoms with Gasteiger partial charge in [0.1, 0.15) is 5.60 Å². The smallest absolute Gasteiger partial charge is 0.330 e. The highest BCUT2D eigenvalue weighted by atomic mass is 32.2. The number of ketones is 1. The summed E-state index contributed by atoms with van der Waals surface area (Å²) in [6.45, 7) is 6.42. The van der Waals surface area contributed by atoms with E-state index < -0.39 is 56.1 Å². The zero-order valence-corrected chi connectivity index (χ0v) is 14.3. The minimum absolute atomic E-state index is 0.0825. The van der Waals surface area contributed by atoms with Crippen LogP contribution in [0.2, 0.25) is 0 Å². The van der Waals surface area contributed by atoms with E-state index >= 15 is 0 Å². The molecule has 0 spiro atoms. The molecule has 1 unspecified atom stereocenters. The van der Waals surface area contributed by atoms with Gasteiger partial charge in [0.15, 0.2) is 33.8 Å². The van der Waals surface area contributed by atoms with E-state index in [1.165, 1.54) is 20.8 Å². The quantitative estimate of drug-likeness (QED) is 0.199. The normalized spacial score (nSPS) is 14.2. The zero-order chi connectivity index (χ0) is 19.0. The van der Waals surface area contributed by atoms with Crippen LogP contribution in [0.15, 0.2) is 4.90 Å². The maximum absolute atomic E-state index is 13.8. The van der Waals surface area contributed by atoms with Crippen molar-refractivity contribution in [2.24, 2.45) is 0 Å². The molecule has 1 aromatic carbocycles. The van der Waals surface area contributed by atoms with Crippen LogP contribution in [0.4, 0.5) is 22.0 Å². The third-order valence-electron chi connectivity index (χ3n) is 2.94. The lowest BCUT2D eigenvalue weighted by Crippen LogP contribution is -2.44. The van der Waals surface area contributed by atoms with Crippen LogP contribution < -0.4 is 0 Å². The third-order valence-corrected chi connectivity index (χ3v) is 4.36. The number of ether oxygens (including phenoxy) is 1. The minimum atomic E-state index is -2.32. The molecule has 0 fully saturated rings. The Labute approximate surface area is 139 Å². The Bertz CT molecular complexity index is 670. The molecule has 3 nitrogen and oxygen atoms in total.